The molecule has 0 aliphatic heterocycles. The number of carbonyl (C=O) groups is 3. The van der Waals surface area contributed by atoms with Crippen LogP contribution in [-0.2, 0) is 9.59 Å². The van der Waals surface area contributed by atoms with Gasteiger partial charge in [-0.25, -0.2) is 0 Å². The van der Waals surface area contributed by atoms with Gasteiger partial charge in [-0.2, -0.15) is 0 Å². The fraction of sp³-hybridized carbons (Fsp3) is 0.400. The Hall–Kier alpha value is -1.87. The van der Waals surface area contributed by atoms with Crippen molar-refractivity contribution < 1.29 is 45.0 Å². The number of hydrogen-bond acceptors (Lipinski definition) is 9. The Kier molecular flexibility index (Phi) is 6.93. The topological polar surface area (TPSA) is 184 Å². The van der Waals surface area contributed by atoms with E-state index in [-0.39, 0.29) is 0 Å². The summed E-state index contributed by atoms with van der Waals surface area (Å²) in [4.78, 5) is 27.6. The molecule has 82 valence electrons. The minimum absolute atomic E-state index is 2.06. The Bertz CT molecular complexity index is 199. The number of rotatable bonds is 3. The maximum Gasteiger partial charge on any atom is 0.124 e. The number of carboxylic acid groups (broad SMARTS) is 4. The van der Waals surface area contributed by atoms with Gasteiger partial charge in [-0.05, 0) is 6.16 Å². The van der Waals surface area contributed by atoms with Crippen LogP contribution in [0.2, 0.25) is 0 Å². The second kappa shape index (κ2) is 6.62. The molecule has 0 saturated heterocycles. The average molecular weight is 208 g/mol. The molecule has 0 bridgehead atoms. The molecule has 0 rings (SSSR count). The van der Waals surface area contributed by atoms with E-state index < -0.39 is 30.3 Å². The van der Waals surface area contributed by atoms with Crippen LogP contribution in [0.1, 0.15) is 0 Å². The largest absolute Gasteiger partial charge is 0.652 e. The Morgan fingerprint density at radius 2 is 0.929 bits per heavy atom. The lowest BCUT2D eigenvalue weighted by atomic mass is 10.2. The zero-order chi connectivity index (χ0) is 11.9. The first-order chi connectivity index (χ1) is 6.20. The molecule has 2 unspecified atom stereocenters. The predicted molar refractivity (Wildman–Crippen MR) is 27.4 cm³/mol. The van der Waals surface area contributed by atoms with Gasteiger partial charge in [0.05, 0.1) is 11.9 Å². The van der Waals surface area contributed by atoms with Crippen LogP contribution < -0.4 is 20.4 Å². The first-order valence-corrected chi connectivity index (χ1v) is 2.86. The summed E-state index contributed by atoms with van der Waals surface area (Å²) in [6.45, 7) is 0. The van der Waals surface area contributed by atoms with Crippen LogP contribution in [-0.4, -0.2) is 40.5 Å². The summed E-state index contributed by atoms with van der Waals surface area (Å²) >= 11 is 0. The van der Waals surface area contributed by atoms with Crippen molar-refractivity contribution in [3.8, 4) is 0 Å². The summed E-state index contributed by atoms with van der Waals surface area (Å²) < 4.78 is 0. The van der Waals surface area contributed by atoms with Gasteiger partial charge in [0.25, 0.3) is 0 Å². The van der Waals surface area contributed by atoms with E-state index >= 15 is 0 Å². The molecular weight excluding hydrogens is 204 g/mol. The maximum absolute atomic E-state index is 9.63. The van der Waals surface area contributed by atoms with Crippen molar-refractivity contribution in [3.63, 3.8) is 0 Å². The second-order valence-electron chi connectivity index (χ2n) is 1.78. The summed E-state index contributed by atoms with van der Waals surface area (Å²) in [5, 5.41) is 52.4. The highest BCUT2D eigenvalue weighted by Crippen LogP contribution is 1.88. The monoisotopic (exact) mass is 208 g/mol. The van der Waals surface area contributed by atoms with E-state index in [4.69, 9.17) is 25.2 Å². The van der Waals surface area contributed by atoms with Gasteiger partial charge in [0, 0.05) is 0 Å². The lowest BCUT2D eigenvalue weighted by Gasteiger charge is -2.18. The molecule has 0 spiro atoms. The first-order valence-electron chi connectivity index (χ1n) is 2.86. The van der Waals surface area contributed by atoms with Crippen LogP contribution in [0.3, 0.4) is 0 Å². The summed E-state index contributed by atoms with van der Waals surface area (Å²) in [7, 11) is 0. The van der Waals surface area contributed by atoms with Crippen molar-refractivity contribution in [2.24, 2.45) is 0 Å². The smallest absolute Gasteiger partial charge is 0.124 e. The third-order valence-corrected chi connectivity index (χ3v) is 0.782. The van der Waals surface area contributed by atoms with E-state index in [9.17, 15) is 19.8 Å². The number of aliphatic hydroxyl groups excluding tert-OH is 2. The minimum Gasteiger partial charge on any atom is -0.652 e. The molecular formula is C5H4O9-4. The normalized spacial score (nSPS) is 13.0. The van der Waals surface area contributed by atoms with Crippen LogP contribution in [0.5, 0.6) is 0 Å². The van der Waals surface area contributed by atoms with Gasteiger partial charge in [0.1, 0.15) is 12.2 Å². The molecule has 0 aromatic heterocycles. The summed E-state index contributed by atoms with van der Waals surface area (Å²) in [6, 6.07) is 0. The highest BCUT2D eigenvalue weighted by Gasteiger charge is 2.17. The minimum atomic E-state index is -2.44. The van der Waals surface area contributed by atoms with Gasteiger partial charge in [-0.1, -0.05) is 0 Å². The van der Waals surface area contributed by atoms with Crippen LogP contribution in [0.25, 0.3) is 0 Å². The molecule has 0 aromatic rings. The highest BCUT2D eigenvalue weighted by atomic mass is 16.6. The summed E-state index contributed by atoms with van der Waals surface area (Å²) in [5.74, 6) is -4.12. The molecule has 0 saturated carbocycles. The lowest BCUT2D eigenvalue weighted by molar-refractivity contribution is -0.415. The highest BCUT2D eigenvalue weighted by molar-refractivity contribution is 5.80. The summed E-state index contributed by atoms with van der Waals surface area (Å²) in [6.07, 6.45) is -7.21. The van der Waals surface area contributed by atoms with Crippen LogP contribution in [0.15, 0.2) is 0 Å². The number of aliphatic hydroxyl groups is 2. The second-order valence-corrected chi connectivity index (χ2v) is 1.78. The van der Waals surface area contributed by atoms with Crippen molar-refractivity contribution >= 4 is 18.1 Å². The van der Waals surface area contributed by atoms with Gasteiger partial charge in [0.2, 0.25) is 0 Å². The fourth-order valence-electron chi connectivity index (χ4n) is 0.258. The Morgan fingerprint density at radius 3 is 1.00 bits per heavy atom. The third-order valence-electron chi connectivity index (χ3n) is 0.782. The van der Waals surface area contributed by atoms with E-state index in [2.05, 4.69) is 0 Å². The van der Waals surface area contributed by atoms with E-state index in [0.717, 1.165) is 0 Å². The number of hydrogen-bond donors (Lipinski definition) is 2. The van der Waals surface area contributed by atoms with E-state index in [1.807, 2.05) is 0 Å². The van der Waals surface area contributed by atoms with Crippen LogP contribution >= 0.6 is 0 Å². The van der Waals surface area contributed by atoms with Crippen molar-refractivity contribution in [2.75, 3.05) is 0 Å². The molecule has 0 radical (unpaired) electrons. The van der Waals surface area contributed by atoms with Crippen molar-refractivity contribution in [3.05, 3.63) is 0 Å². The van der Waals surface area contributed by atoms with Gasteiger partial charge in [-0.15, -0.1) is 0 Å². The summed E-state index contributed by atoms with van der Waals surface area (Å²) in [5.41, 5.74) is 0. The van der Waals surface area contributed by atoms with Gasteiger partial charge in [-0.3, -0.25) is 0 Å². The van der Waals surface area contributed by atoms with Crippen molar-refractivity contribution in [1.29, 1.82) is 0 Å². The quantitative estimate of drug-likeness (QED) is 0.454. The lowest BCUT2D eigenvalue weighted by Crippen LogP contribution is -2.51. The molecule has 0 amide bonds. The predicted octanol–water partition coefficient (Wildman–Crippen LogP) is -7.24. The SMILES string of the molecule is O=C([O-])C(O)C(O)C(=O)[O-].O=C([O-])[O-]. The standard InChI is InChI=1S/C4H6O6.CH2O3/c5-1(3(7)8)2(6)4(9)10;2-1(3)4/h1-2,5-6H,(H,7,8)(H,9,10);(H2,2,3,4)/p-4. The fourth-order valence-corrected chi connectivity index (χ4v) is 0.258. The van der Waals surface area contributed by atoms with Crippen LogP contribution in [0.4, 0.5) is 4.79 Å². The van der Waals surface area contributed by atoms with E-state index in [1.165, 1.54) is 0 Å². The molecule has 9 nitrogen and oxygen atoms in total. The van der Waals surface area contributed by atoms with Crippen molar-refractivity contribution in [1.82, 2.24) is 0 Å². The van der Waals surface area contributed by atoms with Gasteiger partial charge in [0.15, 0.2) is 0 Å². The Balaban J connectivity index is 0. The van der Waals surface area contributed by atoms with Gasteiger partial charge >= 0.3 is 0 Å². The molecule has 0 aliphatic carbocycles. The molecule has 2 atom stereocenters. The Morgan fingerprint density at radius 1 is 0.786 bits per heavy atom. The number of carboxylic acids is 2. The molecule has 14 heavy (non-hydrogen) atoms. The molecule has 9 heteroatoms. The molecule has 0 aromatic carbocycles. The first kappa shape index (κ1) is 14.6. The number of aliphatic carboxylic acids is 2. The van der Waals surface area contributed by atoms with Crippen LogP contribution in [0, 0.1) is 0 Å². The molecule has 0 aliphatic rings. The number of carbonyl (C=O) groups excluding carboxylic acids is 3. The van der Waals surface area contributed by atoms with Gasteiger partial charge < -0.3 is 45.0 Å². The van der Waals surface area contributed by atoms with E-state index in [0.29, 0.717) is 0 Å². The zero-order valence-corrected chi connectivity index (χ0v) is 6.41. The molecule has 0 fully saturated rings. The average Bonchev–Trinajstić information content (AvgIpc) is 2.00. The third kappa shape index (κ3) is 8.23. The zero-order valence-electron chi connectivity index (χ0n) is 6.41. The maximum atomic E-state index is 9.63. The Labute approximate surface area is 76.5 Å². The molecule has 0 heterocycles. The van der Waals surface area contributed by atoms with Crippen molar-refractivity contribution in [2.45, 2.75) is 12.2 Å². The molecule has 2 N–H and O–H groups in total. The van der Waals surface area contributed by atoms with E-state index in [1.54, 1.807) is 0 Å².